The van der Waals surface area contributed by atoms with Crippen molar-refractivity contribution in [3.05, 3.63) is 65.7 Å². The minimum absolute atomic E-state index is 0.190. The molecule has 1 aliphatic heterocycles. The van der Waals surface area contributed by atoms with Gasteiger partial charge in [0.15, 0.2) is 5.60 Å². The summed E-state index contributed by atoms with van der Waals surface area (Å²) in [5.74, 6) is -0.620. The molecule has 2 aromatic rings. The summed E-state index contributed by atoms with van der Waals surface area (Å²) in [6.45, 7) is 1.86. The first-order chi connectivity index (χ1) is 11.0. The lowest BCUT2D eigenvalue weighted by Gasteiger charge is -2.22. The van der Waals surface area contributed by atoms with Gasteiger partial charge in [-0.15, -0.1) is 0 Å². The molecule has 1 aliphatic rings. The number of carbonyl (C=O) groups excluding carboxylic acids is 2. The van der Waals surface area contributed by atoms with Crippen molar-refractivity contribution in [2.24, 2.45) is 0 Å². The first-order valence-corrected chi connectivity index (χ1v) is 7.69. The topological polar surface area (TPSA) is 57.6 Å². The van der Waals surface area contributed by atoms with Crippen LogP contribution in [0.1, 0.15) is 24.5 Å². The molecule has 4 heteroatoms. The van der Waals surface area contributed by atoms with Gasteiger partial charge in [-0.25, -0.2) is 0 Å². The van der Waals surface area contributed by atoms with Crippen molar-refractivity contribution in [1.29, 1.82) is 0 Å². The van der Waals surface area contributed by atoms with Crippen LogP contribution in [0, 0.1) is 0 Å². The van der Waals surface area contributed by atoms with E-state index >= 15 is 0 Å². The normalized spacial score (nSPS) is 19.7. The lowest BCUT2D eigenvalue weighted by Crippen LogP contribution is -2.42. The Morgan fingerprint density at radius 3 is 2.43 bits per heavy atom. The van der Waals surface area contributed by atoms with Crippen LogP contribution in [0.25, 0.3) is 0 Å². The van der Waals surface area contributed by atoms with Crippen molar-refractivity contribution < 1.29 is 14.7 Å². The summed E-state index contributed by atoms with van der Waals surface area (Å²) < 4.78 is 0. The molecule has 0 saturated heterocycles. The van der Waals surface area contributed by atoms with E-state index in [0.29, 0.717) is 24.2 Å². The van der Waals surface area contributed by atoms with E-state index in [2.05, 4.69) is 0 Å². The number of amides is 1. The maximum absolute atomic E-state index is 12.8. The van der Waals surface area contributed by atoms with Crippen LogP contribution in [0.3, 0.4) is 0 Å². The molecule has 4 nitrogen and oxygen atoms in total. The number of hydrogen-bond acceptors (Lipinski definition) is 3. The largest absolute Gasteiger partial charge is 0.375 e. The highest BCUT2D eigenvalue weighted by Crippen LogP contribution is 2.42. The molecule has 1 heterocycles. The Labute approximate surface area is 135 Å². The summed E-state index contributed by atoms with van der Waals surface area (Å²) in [6.07, 6.45) is 0.502. The zero-order valence-electron chi connectivity index (χ0n) is 13.0. The van der Waals surface area contributed by atoms with Gasteiger partial charge in [0.05, 0.1) is 5.69 Å². The van der Waals surface area contributed by atoms with Crippen LogP contribution < -0.4 is 4.90 Å². The number of anilines is 1. The second kappa shape index (κ2) is 5.97. The predicted molar refractivity (Wildman–Crippen MR) is 88.1 cm³/mol. The first-order valence-electron chi connectivity index (χ1n) is 7.69. The standard InChI is InChI=1S/C19H19NO3/c1-14(21)13-19(23)16-9-5-6-10-17(16)20(18(19)22)12-11-15-7-3-2-4-8-15/h2-10,23H,11-13H2,1H3/t19-/m1/s1. The Kier molecular flexibility index (Phi) is 4.01. The zero-order chi connectivity index (χ0) is 16.4. The van der Waals surface area contributed by atoms with E-state index in [4.69, 9.17) is 0 Å². The highest BCUT2D eigenvalue weighted by Gasteiger charge is 2.49. The molecular formula is C19H19NO3. The van der Waals surface area contributed by atoms with Crippen LogP contribution in [0.2, 0.25) is 0 Å². The molecule has 118 valence electrons. The number of para-hydroxylation sites is 1. The number of nitrogens with zero attached hydrogens (tertiary/aromatic N) is 1. The quantitative estimate of drug-likeness (QED) is 0.923. The second-order valence-electron chi connectivity index (χ2n) is 5.95. The number of fused-ring (bicyclic) bond motifs is 1. The molecule has 0 radical (unpaired) electrons. The van der Waals surface area contributed by atoms with Gasteiger partial charge >= 0.3 is 0 Å². The van der Waals surface area contributed by atoms with Crippen LogP contribution in [0.5, 0.6) is 0 Å². The fourth-order valence-electron chi connectivity index (χ4n) is 3.15. The van der Waals surface area contributed by atoms with Crippen LogP contribution in [-0.2, 0) is 21.6 Å². The lowest BCUT2D eigenvalue weighted by molar-refractivity contribution is -0.141. The van der Waals surface area contributed by atoms with Gasteiger partial charge in [0.25, 0.3) is 5.91 Å². The highest BCUT2D eigenvalue weighted by atomic mass is 16.3. The molecule has 23 heavy (non-hydrogen) atoms. The molecule has 0 unspecified atom stereocenters. The number of Topliss-reactive ketones (excluding diaryl/α,β-unsaturated/α-hetero) is 1. The van der Waals surface area contributed by atoms with Gasteiger partial charge in [-0.3, -0.25) is 9.59 Å². The third-order valence-electron chi connectivity index (χ3n) is 4.21. The first kappa shape index (κ1) is 15.4. The van der Waals surface area contributed by atoms with Gasteiger partial charge in [-0.1, -0.05) is 48.5 Å². The average Bonchev–Trinajstić information content (AvgIpc) is 2.75. The zero-order valence-corrected chi connectivity index (χ0v) is 13.0. The van der Waals surface area contributed by atoms with Crippen LogP contribution in [-0.4, -0.2) is 23.3 Å². The predicted octanol–water partition coefficient (Wildman–Crippen LogP) is 2.44. The smallest absolute Gasteiger partial charge is 0.264 e. The van der Waals surface area contributed by atoms with E-state index in [-0.39, 0.29) is 12.2 Å². The van der Waals surface area contributed by atoms with E-state index in [9.17, 15) is 14.7 Å². The van der Waals surface area contributed by atoms with Crippen LogP contribution >= 0.6 is 0 Å². The van der Waals surface area contributed by atoms with E-state index in [1.807, 2.05) is 42.5 Å². The van der Waals surface area contributed by atoms with Crippen LogP contribution in [0.15, 0.2) is 54.6 Å². The monoisotopic (exact) mass is 309 g/mol. The molecule has 0 spiro atoms. The molecule has 0 saturated carbocycles. The summed E-state index contributed by atoms with van der Waals surface area (Å²) in [6, 6.07) is 17.0. The molecule has 0 aliphatic carbocycles. The number of ketones is 1. The van der Waals surface area contributed by atoms with Crippen molar-refractivity contribution in [1.82, 2.24) is 0 Å². The number of carbonyl (C=O) groups is 2. The SMILES string of the molecule is CC(=O)C[C@]1(O)C(=O)N(CCc2ccccc2)c2ccccc21. The summed E-state index contributed by atoms with van der Waals surface area (Å²) >= 11 is 0. The van der Waals surface area contributed by atoms with E-state index in [0.717, 1.165) is 5.56 Å². The number of hydrogen-bond donors (Lipinski definition) is 1. The molecule has 0 fully saturated rings. The Morgan fingerprint density at radius 2 is 1.74 bits per heavy atom. The van der Waals surface area contributed by atoms with Gasteiger partial charge in [0.1, 0.15) is 5.78 Å². The summed E-state index contributed by atoms with van der Waals surface area (Å²) in [5, 5.41) is 10.8. The third kappa shape index (κ3) is 2.78. The molecule has 1 amide bonds. The minimum atomic E-state index is -1.74. The summed E-state index contributed by atoms with van der Waals surface area (Å²) in [4.78, 5) is 25.9. The summed E-state index contributed by atoms with van der Waals surface area (Å²) in [7, 11) is 0. The Morgan fingerprint density at radius 1 is 1.09 bits per heavy atom. The maximum atomic E-state index is 12.8. The van der Waals surface area contributed by atoms with Gasteiger partial charge < -0.3 is 10.0 Å². The summed E-state index contributed by atoms with van der Waals surface area (Å²) in [5.41, 5.74) is 0.601. The highest BCUT2D eigenvalue weighted by molar-refractivity contribution is 6.08. The van der Waals surface area contributed by atoms with Crippen molar-refractivity contribution in [2.75, 3.05) is 11.4 Å². The van der Waals surface area contributed by atoms with E-state index < -0.39 is 11.5 Å². The Bertz CT molecular complexity index is 741. The molecular weight excluding hydrogens is 290 g/mol. The minimum Gasteiger partial charge on any atom is -0.375 e. The number of aliphatic hydroxyl groups is 1. The number of rotatable bonds is 5. The van der Waals surface area contributed by atoms with Gasteiger partial charge in [0.2, 0.25) is 0 Å². The second-order valence-corrected chi connectivity index (χ2v) is 5.95. The average molecular weight is 309 g/mol. The van der Waals surface area contributed by atoms with Crippen molar-refractivity contribution >= 4 is 17.4 Å². The van der Waals surface area contributed by atoms with Gasteiger partial charge in [0, 0.05) is 18.5 Å². The van der Waals surface area contributed by atoms with Crippen LogP contribution in [0.4, 0.5) is 5.69 Å². The molecule has 1 atom stereocenters. The molecule has 2 aromatic carbocycles. The fraction of sp³-hybridized carbons (Fsp3) is 0.263. The number of benzene rings is 2. The van der Waals surface area contributed by atoms with Crippen molar-refractivity contribution in [3.8, 4) is 0 Å². The van der Waals surface area contributed by atoms with E-state index in [1.54, 1.807) is 17.0 Å². The molecule has 1 N–H and O–H groups in total. The van der Waals surface area contributed by atoms with Gasteiger partial charge in [-0.2, -0.15) is 0 Å². The fourth-order valence-corrected chi connectivity index (χ4v) is 3.15. The Balaban J connectivity index is 1.90. The van der Waals surface area contributed by atoms with Crippen molar-refractivity contribution in [3.63, 3.8) is 0 Å². The lowest BCUT2D eigenvalue weighted by atomic mass is 9.90. The molecule has 0 aromatic heterocycles. The maximum Gasteiger partial charge on any atom is 0.264 e. The van der Waals surface area contributed by atoms with Crippen molar-refractivity contribution in [2.45, 2.75) is 25.4 Å². The van der Waals surface area contributed by atoms with Gasteiger partial charge in [-0.05, 0) is 25.0 Å². The molecule has 0 bridgehead atoms. The Hall–Kier alpha value is -2.46. The third-order valence-corrected chi connectivity index (χ3v) is 4.21. The molecule has 3 rings (SSSR count). The van der Waals surface area contributed by atoms with E-state index in [1.165, 1.54) is 6.92 Å².